The maximum atomic E-state index is 9.36. The SMILES string of the molecule is C[C@H](O)CO[C@@H]1C(C)(C)CC[C@H](C)C1(C)C. The van der Waals surface area contributed by atoms with Crippen molar-refractivity contribution in [3.63, 3.8) is 0 Å². The van der Waals surface area contributed by atoms with E-state index in [9.17, 15) is 5.11 Å². The van der Waals surface area contributed by atoms with Crippen LogP contribution >= 0.6 is 0 Å². The lowest BCUT2D eigenvalue weighted by atomic mass is 9.58. The van der Waals surface area contributed by atoms with E-state index >= 15 is 0 Å². The van der Waals surface area contributed by atoms with Gasteiger partial charge in [-0.1, -0.05) is 34.6 Å². The maximum absolute atomic E-state index is 9.36. The van der Waals surface area contributed by atoms with E-state index in [-0.39, 0.29) is 23.0 Å². The first kappa shape index (κ1) is 14.0. The molecule has 3 atom stereocenters. The summed E-state index contributed by atoms with van der Waals surface area (Å²) < 4.78 is 6.00. The van der Waals surface area contributed by atoms with Gasteiger partial charge in [0.2, 0.25) is 0 Å². The molecular weight excluding hydrogens is 200 g/mol. The first-order chi connectivity index (χ1) is 7.18. The Bertz CT molecular complexity index is 231. The lowest BCUT2D eigenvalue weighted by Crippen LogP contribution is -2.51. The standard InChI is InChI=1S/C14H28O2/c1-10-7-8-13(3,4)12(14(10,5)6)16-9-11(2)15/h10-12,15H,7-9H2,1-6H3/t10-,11-,12+/m0/s1. The Morgan fingerprint density at radius 3 is 2.38 bits per heavy atom. The van der Waals surface area contributed by atoms with Crippen molar-refractivity contribution in [1.82, 2.24) is 0 Å². The maximum Gasteiger partial charge on any atom is 0.0745 e. The van der Waals surface area contributed by atoms with Crippen LogP contribution in [0.4, 0.5) is 0 Å². The number of hydrogen-bond acceptors (Lipinski definition) is 2. The molecule has 2 heteroatoms. The summed E-state index contributed by atoms with van der Waals surface area (Å²) >= 11 is 0. The van der Waals surface area contributed by atoms with Crippen LogP contribution in [0.3, 0.4) is 0 Å². The zero-order chi connectivity index (χ0) is 12.6. The molecule has 0 heterocycles. The monoisotopic (exact) mass is 228 g/mol. The predicted molar refractivity (Wildman–Crippen MR) is 67.4 cm³/mol. The topological polar surface area (TPSA) is 29.5 Å². The van der Waals surface area contributed by atoms with Gasteiger partial charge in [0.1, 0.15) is 0 Å². The third-order valence-electron chi connectivity index (χ3n) is 4.38. The van der Waals surface area contributed by atoms with E-state index in [0.717, 1.165) is 0 Å². The summed E-state index contributed by atoms with van der Waals surface area (Å²) in [5.41, 5.74) is 0.404. The molecule has 0 aromatic heterocycles. The second-order valence-corrected chi connectivity index (χ2v) is 6.81. The molecular formula is C14H28O2. The molecule has 0 radical (unpaired) electrons. The molecule has 2 nitrogen and oxygen atoms in total. The van der Waals surface area contributed by atoms with E-state index in [1.165, 1.54) is 12.8 Å². The molecule has 96 valence electrons. The van der Waals surface area contributed by atoms with Crippen molar-refractivity contribution in [1.29, 1.82) is 0 Å². The molecule has 0 saturated heterocycles. The zero-order valence-electron chi connectivity index (χ0n) is 11.7. The molecule has 0 unspecified atom stereocenters. The van der Waals surface area contributed by atoms with Gasteiger partial charge >= 0.3 is 0 Å². The molecule has 1 rings (SSSR count). The first-order valence-electron chi connectivity index (χ1n) is 6.47. The Balaban J connectivity index is 2.79. The molecule has 1 aliphatic rings. The second kappa shape index (κ2) is 4.66. The van der Waals surface area contributed by atoms with Gasteiger partial charge in [-0.05, 0) is 36.5 Å². The van der Waals surface area contributed by atoms with Crippen LogP contribution in [0.5, 0.6) is 0 Å². The van der Waals surface area contributed by atoms with Gasteiger partial charge in [-0.3, -0.25) is 0 Å². The van der Waals surface area contributed by atoms with Gasteiger partial charge < -0.3 is 9.84 Å². The van der Waals surface area contributed by atoms with Crippen LogP contribution in [-0.4, -0.2) is 23.9 Å². The van der Waals surface area contributed by atoms with Crippen molar-refractivity contribution in [3.8, 4) is 0 Å². The Labute approximate surface area is 100 Å². The van der Waals surface area contributed by atoms with E-state index < -0.39 is 0 Å². The number of aliphatic hydroxyl groups is 1. The van der Waals surface area contributed by atoms with Gasteiger partial charge in [-0.15, -0.1) is 0 Å². The van der Waals surface area contributed by atoms with E-state index in [1.807, 2.05) is 0 Å². The van der Waals surface area contributed by atoms with Crippen LogP contribution in [0.2, 0.25) is 0 Å². The minimum absolute atomic E-state index is 0.191. The lowest BCUT2D eigenvalue weighted by Gasteiger charge is -2.52. The van der Waals surface area contributed by atoms with Crippen molar-refractivity contribution in [2.75, 3.05) is 6.61 Å². The van der Waals surface area contributed by atoms with Gasteiger partial charge in [-0.2, -0.15) is 0 Å². The fraction of sp³-hybridized carbons (Fsp3) is 1.00. The van der Waals surface area contributed by atoms with Crippen LogP contribution in [-0.2, 0) is 4.74 Å². The van der Waals surface area contributed by atoms with Crippen LogP contribution in [0, 0.1) is 16.7 Å². The van der Waals surface area contributed by atoms with Gasteiger partial charge in [0.05, 0.1) is 18.8 Å². The average Bonchev–Trinajstić information content (AvgIpc) is 2.11. The third-order valence-corrected chi connectivity index (χ3v) is 4.38. The van der Waals surface area contributed by atoms with Gasteiger partial charge in [-0.25, -0.2) is 0 Å². The third kappa shape index (κ3) is 2.78. The predicted octanol–water partition coefficient (Wildman–Crippen LogP) is 3.23. The normalized spacial score (nSPS) is 34.7. The lowest BCUT2D eigenvalue weighted by molar-refractivity contribution is -0.154. The molecule has 1 N–H and O–H groups in total. The smallest absolute Gasteiger partial charge is 0.0745 e. The minimum Gasteiger partial charge on any atom is -0.391 e. The van der Waals surface area contributed by atoms with Crippen LogP contribution in [0.1, 0.15) is 54.4 Å². The molecule has 0 aliphatic heterocycles. The zero-order valence-corrected chi connectivity index (χ0v) is 11.7. The number of ether oxygens (including phenoxy) is 1. The van der Waals surface area contributed by atoms with Gasteiger partial charge in [0, 0.05) is 0 Å². The Morgan fingerprint density at radius 1 is 1.31 bits per heavy atom. The average molecular weight is 228 g/mol. The van der Waals surface area contributed by atoms with Crippen LogP contribution in [0.25, 0.3) is 0 Å². The number of rotatable bonds is 3. The Morgan fingerprint density at radius 2 is 1.88 bits per heavy atom. The van der Waals surface area contributed by atoms with Crippen molar-refractivity contribution in [3.05, 3.63) is 0 Å². The Hall–Kier alpha value is -0.0800. The largest absolute Gasteiger partial charge is 0.391 e. The summed E-state index contributed by atoms with van der Waals surface area (Å²) in [6, 6.07) is 0. The molecule has 1 saturated carbocycles. The van der Waals surface area contributed by atoms with Crippen molar-refractivity contribution in [2.24, 2.45) is 16.7 Å². The molecule has 16 heavy (non-hydrogen) atoms. The summed E-state index contributed by atoms with van der Waals surface area (Å²) in [6.45, 7) is 13.7. The quantitative estimate of drug-likeness (QED) is 0.803. The molecule has 0 bridgehead atoms. The molecule has 0 aromatic rings. The van der Waals surface area contributed by atoms with E-state index in [4.69, 9.17) is 4.74 Å². The highest BCUT2D eigenvalue weighted by atomic mass is 16.5. The van der Waals surface area contributed by atoms with Crippen molar-refractivity contribution >= 4 is 0 Å². The molecule has 0 aromatic carbocycles. The summed E-state index contributed by atoms with van der Waals surface area (Å²) in [6.07, 6.45) is 2.35. The fourth-order valence-corrected chi connectivity index (χ4v) is 3.03. The fourth-order valence-electron chi connectivity index (χ4n) is 3.03. The molecule has 1 aliphatic carbocycles. The van der Waals surface area contributed by atoms with E-state index in [1.54, 1.807) is 6.92 Å². The second-order valence-electron chi connectivity index (χ2n) is 6.81. The summed E-state index contributed by atoms with van der Waals surface area (Å²) in [5, 5.41) is 9.36. The van der Waals surface area contributed by atoms with Crippen molar-refractivity contribution < 1.29 is 9.84 Å². The molecule has 1 fully saturated rings. The van der Waals surface area contributed by atoms with Gasteiger partial charge in [0.25, 0.3) is 0 Å². The van der Waals surface area contributed by atoms with E-state index in [0.29, 0.717) is 12.5 Å². The van der Waals surface area contributed by atoms with E-state index in [2.05, 4.69) is 34.6 Å². The number of aliphatic hydroxyl groups excluding tert-OH is 1. The van der Waals surface area contributed by atoms with Crippen molar-refractivity contribution in [2.45, 2.75) is 66.6 Å². The summed E-state index contributed by atoms with van der Waals surface area (Å²) in [4.78, 5) is 0. The number of hydrogen-bond donors (Lipinski definition) is 1. The molecule has 0 spiro atoms. The highest BCUT2D eigenvalue weighted by molar-refractivity contribution is 4.97. The van der Waals surface area contributed by atoms with Crippen LogP contribution in [0.15, 0.2) is 0 Å². The summed E-state index contributed by atoms with van der Waals surface area (Å²) in [5.74, 6) is 0.680. The van der Waals surface area contributed by atoms with Gasteiger partial charge in [0.15, 0.2) is 0 Å². The highest BCUT2D eigenvalue weighted by Crippen LogP contribution is 2.50. The first-order valence-corrected chi connectivity index (χ1v) is 6.47. The minimum atomic E-state index is -0.371. The Kier molecular flexibility index (Phi) is 4.07. The molecule has 0 amide bonds. The highest BCUT2D eigenvalue weighted by Gasteiger charge is 2.48. The summed E-state index contributed by atoms with van der Waals surface area (Å²) in [7, 11) is 0. The van der Waals surface area contributed by atoms with Crippen LogP contribution < -0.4 is 0 Å².